The van der Waals surface area contributed by atoms with Crippen LogP contribution in [0.4, 0.5) is 30.2 Å². The minimum atomic E-state index is -0.897. The molecule has 456 valence electrons. The highest BCUT2D eigenvalue weighted by Crippen LogP contribution is 2.38. The molecule has 6 heterocycles. The van der Waals surface area contributed by atoms with E-state index in [-0.39, 0.29) is 51.5 Å². The van der Waals surface area contributed by atoms with Crippen molar-refractivity contribution in [2.45, 2.75) is 77.4 Å². The molecule has 9 amide bonds. The maximum Gasteiger partial charge on any atom is 0.313 e. The highest BCUT2D eigenvalue weighted by Gasteiger charge is 2.38. The van der Waals surface area contributed by atoms with E-state index in [1.54, 1.807) is 0 Å². The molecule has 9 rings (SSSR count). The minimum Gasteiger partial charge on any atom is -0.505 e. The van der Waals surface area contributed by atoms with Crippen LogP contribution in [-0.4, -0.2) is 118 Å². The molecule has 3 aromatic carbocycles. The highest BCUT2D eigenvalue weighted by atomic mass is 19.1. The number of phenols is 3. The van der Waals surface area contributed by atoms with Gasteiger partial charge in [0.25, 0.3) is 0 Å². The number of halogens is 3. The van der Waals surface area contributed by atoms with E-state index in [9.17, 15) is 71.6 Å². The molecule has 3 saturated heterocycles. The van der Waals surface area contributed by atoms with E-state index in [2.05, 4.69) is 30.9 Å². The quantitative estimate of drug-likeness (QED) is 0.0762. The van der Waals surface area contributed by atoms with Crippen molar-refractivity contribution in [3.63, 3.8) is 0 Å². The van der Waals surface area contributed by atoms with Crippen molar-refractivity contribution in [2.75, 3.05) is 35.6 Å². The van der Waals surface area contributed by atoms with E-state index in [1.807, 2.05) is 20.8 Å². The van der Waals surface area contributed by atoms with Crippen molar-refractivity contribution < 1.29 is 71.6 Å². The van der Waals surface area contributed by atoms with Crippen LogP contribution in [-0.2, 0) is 28.8 Å². The number of carbonyl (C=O) groups excluding carboxylic acids is 9. The first kappa shape index (κ1) is 64.1. The molecule has 6 aromatic rings. The monoisotopic (exact) mass is 1200 g/mol. The first-order valence-corrected chi connectivity index (χ1v) is 27.3. The van der Waals surface area contributed by atoms with Gasteiger partial charge in [0.1, 0.15) is 0 Å². The van der Waals surface area contributed by atoms with Crippen molar-refractivity contribution in [1.82, 2.24) is 29.7 Å². The number of hydrogen-bond acceptors (Lipinski definition) is 15. The van der Waals surface area contributed by atoms with Crippen LogP contribution in [0.3, 0.4) is 0 Å². The van der Waals surface area contributed by atoms with Gasteiger partial charge in [0.05, 0.1) is 70.5 Å². The fourth-order valence-electron chi connectivity index (χ4n) is 10.2. The number of amides is 9. The molecule has 24 nitrogen and oxygen atoms in total. The first-order valence-electron chi connectivity index (χ1n) is 27.3. The van der Waals surface area contributed by atoms with E-state index in [4.69, 9.17) is 17.2 Å². The van der Waals surface area contributed by atoms with Crippen molar-refractivity contribution >= 4 is 70.2 Å². The lowest BCUT2D eigenvalue weighted by Crippen LogP contribution is -2.46. The molecule has 2 unspecified atom stereocenters. The number of nitrogens with one attached hydrogen (secondary N) is 3. The summed E-state index contributed by atoms with van der Waals surface area (Å²) in [5.41, 5.74) is 17.9. The van der Waals surface area contributed by atoms with Gasteiger partial charge in [-0.05, 0) is 128 Å². The number of aromatic hydroxyl groups is 3. The molecule has 12 N–H and O–H groups in total. The van der Waals surface area contributed by atoms with Crippen LogP contribution >= 0.6 is 0 Å². The lowest BCUT2D eigenvalue weighted by atomic mass is 9.89. The Morgan fingerprint density at radius 3 is 0.897 bits per heavy atom. The smallest absolute Gasteiger partial charge is 0.313 e. The molecule has 87 heavy (non-hydrogen) atoms. The third-order valence-corrected chi connectivity index (χ3v) is 14.7. The third-order valence-electron chi connectivity index (χ3n) is 14.7. The van der Waals surface area contributed by atoms with E-state index in [0.29, 0.717) is 55.6 Å². The van der Waals surface area contributed by atoms with E-state index >= 15 is 0 Å². The summed E-state index contributed by atoms with van der Waals surface area (Å²) in [6, 6.07) is 14.3. The molecule has 0 aliphatic carbocycles. The second-order valence-electron chi connectivity index (χ2n) is 21.4. The Labute approximate surface area is 496 Å². The maximum absolute atomic E-state index is 13.8. The number of rotatable bonds is 9. The third kappa shape index (κ3) is 16.5. The summed E-state index contributed by atoms with van der Waals surface area (Å²) >= 11 is 0. The summed E-state index contributed by atoms with van der Waals surface area (Å²) in [5.74, 6) is -10.4. The van der Waals surface area contributed by atoms with E-state index < -0.39 is 106 Å². The molecule has 0 bridgehead atoms. The average molecular weight is 1200 g/mol. The van der Waals surface area contributed by atoms with E-state index in [1.165, 1.54) is 125 Å². The molecule has 3 aliphatic heterocycles. The predicted octanol–water partition coefficient (Wildman–Crippen LogP) is 5.89. The zero-order valence-electron chi connectivity index (χ0n) is 47.3. The molecule has 3 fully saturated rings. The second-order valence-corrected chi connectivity index (χ2v) is 21.4. The standard InChI is InChI=1S/3C20H21FN4O4/c3*1-11-2-4-16(12-3-5-17(26)15(21)7-12)25(10-11)20(29)19(28)24-14-6-13(18(22)27)8-23-9-14/h3*3,5-9,11,16,26H,2,4,10H2,1H3,(H2,22,27)(H,24,28)/t2*11-,16+;/m10./s1. The number of nitrogens with two attached hydrogens (primary N) is 3. The summed E-state index contributed by atoms with van der Waals surface area (Å²) in [6.45, 7) is 6.89. The van der Waals surface area contributed by atoms with Gasteiger partial charge in [-0.25, -0.2) is 13.2 Å². The number of hydrogen-bond donors (Lipinski definition) is 9. The number of pyridine rings is 3. The number of likely N-dealkylation sites (tertiary alicyclic amines) is 3. The minimum absolute atomic E-state index is 0.0966. The predicted molar refractivity (Wildman–Crippen MR) is 307 cm³/mol. The van der Waals surface area contributed by atoms with Crippen LogP contribution in [0.15, 0.2) is 110 Å². The lowest BCUT2D eigenvalue weighted by Gasteiger charge is -2.38. The molecule has 0 spiro atoms. The van der Waals surface area contributed by atoms with Gasteiger partial charge in [-0.2, -0.15) is 0 Å². The topological polar surface area (TPSA) is 377 Å². The number of phenolic OH excluding ortho intramolecular Hbond substituents is 3. The van der Waals surface area contributed by atoms with Gasteiger partial charge >= 0.3 is 35.4 Å². The van der Waals surface area contributed by atoms with Gasteiger partial charge in [0.2, 0.25) is 17.7 Å². The van der Waals surface area contributed by atoms with Gasteiger partial charge in [-0.3, -0.25) is 58.1 Å². The lowest BCUT2D eigenvalue weighted by molar-refractivity contribution is -0.146. The average Bonchev–Trinajstić information content (AvgIpc) is 3.67. The van der Waals surface area contributed by atoms with Gasteiger partial charge in [0.15, 0.2) is 34.7 Å². The SMILES string of the molecule is CC1CCC(c2ccc(O)c(F)c2)N(C(=O)C(=O)Nc2cncc(C(N)=O)c2)C1.C[C@@H]1CC[C@@H](c2ccc(O)c(F)c2)N(C(=O)C(=O)Nc2cncc(C(N)=O)c2)C1.C[C@H]1CC[C@H](c2ccc(O)c(F)c2)N(C(=O)C(=O)Nc2cncc(C(N)=O)c2)C1. The Morgan fingerprint density at radius 1 is 0.414 bits per heavy atom. The molecular formula is C60H63F3N12O12. The Bertz CT molecular complexity index is 3260. The summed E-state index contributed by atoms with van der Waals surface area (Å²) in [7, 11) is 0. The van der Waals surface area contributed by atoms with Gasteiger partial charge in [0, 0.05) is 38.2 Å². The zero-order valence-corrected chi connectivity index (χ0v) is 47.3. The molecule has 27 heteroatoms. The summed E-state index contributed by atoms with van der Waals surface area (Å²) in [6.07, 6.45) is 11.7. The second kappa shape index (κ2) is 28.4. The number of benzene rings is 3. The number of carbonyl (C=O) groups is 9. The number of anilines is 3. The van der Waals surface area contributed by atoms with E-state index in [0.717, 1.165) is 19.3 Å². The Kier molecular flexibility index (Phi) is 20.9. The van der Waals surface area contributed by atoms with Crippen molar-refractivity contribution in [2.24, 2.45) is 35.0 Å². The van der Waals surface area contributed by atoms with Crippen LogP contribution in [0.5, 0.6) is 17.2 Å². The van der Waals surface area contributed by atoms with Crippen molar-refractivity contribution in [3.05, 3.63) is 161 Å². The molecule has 0 saturated carbocycles. The fraction of sp³-hybridized carbons (Fsp3) is 0.300. The van der Waals surface area contributed by atoms with Crippen LogP contribution in [0, 0.1) is 35.2 Å². The number of nitrogens with zero attached hydrogens (tertiary/aromatic N) is 6. The van der Waals surface area contributed by atoms with Crippen LogP contribution < -0.4 is 33.2 Å². The zero-order chi connectivity index (χ0) is 63.4. The Balaban J connectivity index is 0.000000186. The summed E-state index contributed by atoms with van der Waals surface area (Å²) in [5, 5.41) is 35.5. The summed E-state index contributed by atoms with van der Waals surface area (Å²) in [4.78, 5) is 126. The summed E-state index contributed by atoms with van der Waals surface area (Å²) < 4.78 is 41.4. The molecule has 3 aliphatic rings. The number of primary amides is 3. The first-order chi connectivity index (χ1) is 41.3. The van der Waals surface area contributed by atoms with Gasteiger partial charge in [-0.15, -0.1) is 0 Å². The number of piperidine rings is 3. The van der Waals surface area contributed by atoms with Gasteiger partial charge < -0.3 is 63.2 Å². The molecular weight excluding hydrogens is 1140 g/mol. The van der Waals surface area contributed by atoms with Gasteiger partial charge in [-0.1, -0.05) is 39.0 Å². The maximum atomic E-state index is 13.8. The van der Waals surface area contributed by atoms with Crippen molar-refractivity contribution in [1.29, 1.82) is 0 Å². The molecule has 3 aromatic heterocycles. The molecule has 0 radical (unpaired) electrons. The fourth-order valence-corrected chi connectivity index (χ4v) is 10.2. The Hall–Kier alpha value is -10.5. The van der Waals surface area contributed by atoms with Crippen LogP contribution in [0.25, 0.3) is 0 Å². The normalized spacial score (nSPS) is 18.9. The van der Waals surface area contributed by atoms with Crippen molar-refractivity contribution in [3.8, 4) is 17.2 Å². The molecule has 6 atom stereocenters. The Morgan fingerprint density at radius 2 is 0.667 bits per heavy atom. The highest BCUT2D eigenvalue weighted by molar-refractivity contribution is 6.40. The van der Waals surface area contributed by atoms with Crippen LogP contribution in [0.2, 0.25) is 0 Å². The number of aromatic nitrogens is 3. The largest absolute Gasteiger partial charge is 0.505 e. The van der Waals surface area contributed by atoms with Crippen LogP contribution in [0.1, 0.15) is 125 Å².